The van der Waals surface area contributed by atoms with Crippen molar-refractivity contribution in [3.05, 3.63) is 46.8 Å². The normalized spacial score (nSPS) is 23.2. The maximum absolute atomic E-state index is 14.0. The highest BCUT2D eigenvalue weighted by Gasteiger charge is 2.48. The van der Waals surface area contributed by atoms with Gasteiger partial charge in [0.15, 0.2) is 5.82 Å². The third-order valence-corrected chi connectivity index (χ3v) is 7.49. The maximum Gasteiger partial charge on any atom is 0.416 e. The number of aromatic nitrogens is 3. The fourth-order valence-electron chi connectivity index (χ4n) is 4.88. The first kappa shape index (κ1) is 24.9. The highest BCUT2D eigenvalue weighted by molar-refractivity contribution is 5.75. The predicted octanol–water partition coefficient (Wildman–Crippen LogP) is 4.04. The maximum atomic E-state index is 14.0. The van der Waals surface area contributed by atoms with Crippen LogP contribution in [0, 0.1) is 11.7 Å². The van der Waals surface area contributed by atoms with Crippen LogP contribution in [-0.4, -0.2) is 70.9 Å². The molecule has 0 bridgehead atoms. The lowest BCUT2D eigenvalue weighted by atomic mass is 9.74. The molecule has 2 saturated carbocycles. The number of nitrogens with zero attached hydrogens (tertiary/aromatic N) is 4. The van der Waals surface area contributed by atoms with Crippen molar-refractivity contribution in [2.24, 2.45) is 5.92 Å². The number of benzene rings is 1. The second-order valence-corrected chi connectivity index (χ2v) is 10.1. The summed E-state index contributed by atoms with van der Waals surface area (Å²) in [5, 5.41) is 8.56. The number of nitrogens with one attached hydrogen (secondary N) is 1. The van der Waals surface area contributed by atoms with E-state index in [2.05, 4.69) is 15.2 Å². The molecule has 2 aliphatic carbocycles. The predicted molar refractivity (Wildman–Crippen MR) is 119 cm³/mol. The fourth-order valence-corrected chi connectivity index (χ4v) is 4.88. The number of ether oxygens (including phenoxy) is 2. The molecule has 12 heteroatoms. The Hall–Kier alpha value is -2.73. The van der Waals surface area contributed by atoms with Gasteiger partial charge in [-0.2, -0.15) is 13.2 Å². The molecular formula is C24H29F4N5O3. The molecule has 1 aliphatic heterocycles. The van der Waals surface area contributed by atoms with E-state index in [9.17, 15) is 22.4 Å². The van der Waals surface area contributed by atoms with Crippen LogP contribution < -0.4 is 0 Å². The number of alkyl halides is 3. The summed E-state index contributed by atoms with van der Waals surface area (Å²) in [5.74, 6) is 1.41. The van der Waals surface area contributed by atoms with E-state index in [-0.39, 0.29) is 29.9 Å². The Morgan fingerprint density at radius 2 is 1.97 bits per heavy atom. The van der Waals surface area contributed by atoms with Crippen LogP contribution in [0.2, 0.25) is 0 Å². The van der Waals surface area contributed by atoms with Crippen LogP contribution in [0.3, 0.4) is 0 Å². The molecule has 1 saturated heterocycles. The minimum atomic E-state index is -4.59. The number of carbonyl (C=O) groups excluding carboxylic acids is 1. The first-order valence-electron chi connectivity index (χ1n) is 12.0. The van der Waals surface area contributed by atoms with Crippen molar-refractivity contribution in [1.82, 2.24) is 25.0 Å². The number of aromatic amines is 1. The van der Waals surface area contributed by atoms with E-state index >= 15 is 0 Å². The summed E-state index contributed by atoms with van der Waals surface area (Å²) in [4.78, 5) is 19.4. The molecule has 0 spiro atoms. The van der Waals surface area contributed by atoms with Crippen molar-refractivity contribution in [2.45, 2.75) is 56.1 Å². The Morgan fingerprint density at radius 3 is 2.58 bits per heavy atom. The Bertz CT molecular complexity index is 1110. The van der Waals surface area contributed by atoms with E-state index < -0.39 is 17.6 Å². The molecule has 196 valence electrons. The van der Waals surface area contributed by atoms with Crippen molar-refractivity contribution in [3.63, 3.8) is 0 Å². The SMILES string of the molecule is COC1(c2nnc(C3CC(CN(C)C(=O)N4CC(OCc5ccc(C(F)(F)F)cc5F)C4)C3)[nH]2)CC1. The fraction of sp³-hybridized carbons (Fsp3) is 0.625. The Balaban J connectivity index is 1.02. The Morgan fingerprint density at radius 1 is 1.25 bits per heavy atom. The molecule has 0 unspecified atom stereocenters. The van der Waals surface area contributed by atoms with Gasteiger partial charge in [0.25, 0.3) is 0 Å². The van der Waals surface area contributed by atoms with Gasteiger partial charge in [-0.05, 0) is 43.7 Å². The monoisotopic (exact) mass is 511 g/mol. The van der Waals surface area contributed by atoms with Gasteiger partial charge in [-0.1, -0.05) is 6.07 Å². The van der Waals surface area contributed by atoms with Crippen LogP contribution in [0.15, 0.2) is 18.2 Å². The van der Waals surface area contributed by atoms with Gasteiger partial charge in [-0.25, -0.2) is 9.18 Å². The van der Waals surface area contributed by atoms with Gasteiger partial charge in [-0.3, -0.25) is 0 Å². The largest absolute Gasteiger partial charge is 0.416 e. The number of methoxy groups -OCH3 is 1. The average molecular weight is 512 g/mol. The van der Waals surface area contributed by atoms with Crippen molar-refractivity contribution < 1.29 is 31.8 Å². The molecule has 1 N–H and O–H groups in total. The summed E-state index contributed by atoms with van der Waals surface area (Å²) >= 11 is 0. The molecule has 2 amide bonds. The minimum absolute atomic E-state index is 0.0535. The van der Waals surface area contributed by atoms with E-state index in [0.717, 1.165) is 49.5 Å². The summed E-state index contributed by atoms with van der Waals surface area (Å²) in [5.41, 5.74) is -1.27. The molecule has 1 aromatic carbocycles. The number of hydrogen-bond donors (Lipinski definition) is 1. The zero-order valence-corrected chi connectivity index (χ0v) is 20.1. The zero-order valence-electron chi connectivity index (χ0n) is 20.1. The van der Waals surface area contributed by atoms with Crippen LogP contribution in [0.5, 0.6) is 0 Å². The lowest BCUT2D eigenvalue weighted by Gasteiger charge is -2.42. The molecule has 3 fully saturated rings. The summed E-state index contributed by atoms with van der Waals surface area (Å²) < 4.78 is 63.1. The van der Waals surface area contributed by atoms with Gasteiger partial charge >= 0.3 is 12.2 Å². The number of rotatable bonds is 8. The van der Waals surface area contributed by atoms with Gasteiger partial charge < -0.3 is 24.3 Å². The number of hydrogen-bond acceptors (Lipinski definition) is 5. The second-order valence-electron chi connectivity index (χ2n) is 10.1. The molecular weight excluding hydrogens is 482 g/mol. The van der Waals surface area contributed by atoms with Crippen molar-refractivity contribution in [3.8, 4) is 0 Å². The third kappa shape index (κ3) is 4.93. The minimum Gasteiger partial charge on any atom is -0.370 e. The molecule has 0 atom stereocenters. The third-order valence-electron chi connectivity index (χ3n) is 7.49. The number of carbonyl (C=O) groups is 1. The van der Waals surface area contributed by atoms with E-state index in [1.165, 1.54) is 0 Å². The highest BCUT2D eigenvalue weighted by Crippen LogP contribution is 2.48. The van der Waals surface area contributed by atoms with Crippen molar-refractivity contribution in [1.29, 1.82) is 0 Å². The van der Waals surface area contributed by atoms with Crippen LogP contribution in [0.1, 0.15) is 54.4 Å². The van der Waals surface area contributed by atoms with E-state index in [0.29, 0.717) is 37.5 Å². The molecule has 36 heavy (non-hydrogen) atoms. The van der Waals surface area contributed by atoms with E-state index in [1.807, 2.05) is 0 Å². The van der Waals surface area contributed by atoms with Crippen molar-refractivity contribution in [2.75, 3.05) is 33.8 Å². The molecule has 3 aliphatic rings. The highest BCUT2D eigenvalue weighted by atomic mass is 19.4. The Kier molecular flexibility index (Phi) is 6.44. The summed E-state index contributed by atoms with van der Waals surface area (Å²) in [6.45, 7) is 1.21. The average Bonchev–Trinajstić information content (AvgIpc) is 3.43. The van der Waals surface area contributed by atoms with Crippen LogP contribution in [0.4, 0.5) is 22.4 Å². The van der Waals surface area contributed by atoms with Gasteiger partial charge in [0.2, 0.25) is 0 Å². The quantitative estimate of drug-likeness (QED) is 0.541. The van der Waals surface area contributed by atoms with Crippen LogP contribution in [0.25, 0.3) is 0 Å². The number of likely N-dealkylation sites (tertiary alicyclic amines) is 1. The van der Waals surface area contributed by atoms with Gasteiger partial charge in [-0.15, -0.1) is 10.2 Å². The lowest BCUT2D eigenvalue weighted by molar-refractivity contribution is -0.137. The molecule has 5 rings (SSSR count). The van der Waals surface area contributed by atoms with E-state index in [4.69, 9.17) is 9.47 Å². The van der Waals surface area contributed by atoms with Crippen LogP contribution >= 0.6 is 0 Å². The second kappa shape index (κ2) is 9.29. The summed E-state index contributed by atoms with van der Waals surface area (Å²) in [6.07, 6.45) is -1.11. The van der Waals surface area contributed by atoms with Gasteiger partial charge in [0.05, 0.1) is 31.4 Å². The molecule has 1 aromatic heterocycles. The number of urea groups is 1. The molecule has 2 aromatic rings. The zero-order chi connectivity index (χ0) is 25.7. The number of H-pyrrole nitrogens is 1. The lowest BCUT2D eigenvalue weighted by Crippen LogP contribution is -2.58. The molecule has 0 radical (unpaired) electrons. The smallest absolute Gasteiger partial charge is 0.370 e. The van der Waals surface area contributed by atoms with Gasteiger partial charge in [0.1, 0.15) is 17.2 Å². The topological polar surface area (TPSA) is 83.6 Å². The Labute approximate surface area is 205 Å². The first-order chi connectivity index (χ1) is 17.1. The van der Waals surface area contributed by atoms with Crippen LogP contribution in [-0.2, 0) is 27.9 Å². The molecule has 2 heterocycles. The number of halogens is 4. The molecule has 8 nitrogen and oxygen atoms in total. The van der Waals surface area contributed by atoms with Crippen molar-refractivity contribution >= 4 is 6.03 Å². The number of amides is 2. The standard InChI is InChI=1S/C24H29F4N5O3/c1-32(10-14-7-16(8-14)20-29-21(31-30-20)23(35-2)5-6-23)22(34)33-11-18(12-33)36-13-15-3-4-17(9-19(15)25)24(26,27)28/h3-4,9,14,16,18H,5-8,10-13H2,1-2H3,(H,29,30,31). The first-order valence-corrected chi connectivity index (χ1v) is 12.0. The van der Waals surface area contributed by atoms with E-state index in [1.54, 1.807) is 24.0 Å². The summed E-state index contributed by atoms with van der Waals surface area (Å²) in [7, 11) is 3.45. The van der Waals surface area contributed by atoms with Gasteiger partial charge in [0, 0.05) is 32.2 Å². The summed E-state index contributed by atoms with van der Waals surface area (Å²) in [6, 6.07) is 2.29.